The van der Waals surface area contributed by atoms with Gasteiger partial charge in [-0.25, -0.2) is 0 Å². The van der Waals surface area contributed by atoms with Crippen LogP contribution in [0.5, 0.6) is 0 Å². The predicted molar refractivity (Wildman–Crippen MR) is 128 cm³/mol. The van der Waals surface area contributed by atoms with Gasteiger partial charge in [-0.2, -0.15) is 0 Å². The van der Waals surface area contributed by atoms with Gasteiger partial charge in [0.2, 0.25) is 0 Å². The minimum absolute atomic E-state index is 0. The van der Waals surface area contributed by atoms with Gasteiger partial charge in [0.15, 0.2) is 5.96 Å². The van der Waals surface area contributed by atoms with Crippen molar-refractivity contribution in [2.75, 3.05) is 53.5 Å². The van der Waals surface area contributed by atoms with Gasteiger partial charge in [0.05, 0.1) is 6.61 Å². The summed E-state index contributed by atoms with van der Waals surface area (Å²) in [6, 6.07) is 10.5. The van der Waals surface area contributed by atoms with Gasteiger partial charge in [0.25, 0.3) is 0 Å². The summed E-state index contributed by atoms with van der Waals surface area (Å²) in [4.78, 5) is 8.17. The van der Waals surface area contributed by atoms with Gasteiger partial charge in [0, 0.05) is 43.9 Å². The third kappa shape index (κ3) is 10.0. The van der Waals surface area contributed by atoms with E-state index in [0.717, 1.165) is 38.1 Å². The number of benzene rings is 1. The number of nitrogens with one attached hydrogen (secondary N) is 2. The minimum Gasteiger partial charge on any atom is -0.383 e. The van der Waals surface area contributed by atoms with E-state index in [0.29, 0.717) is 5.25 Å². The molecule has 1 atom stereocenters. The van der Waals surface area contributed by atoms with Crippen molar-refractivity contribution in [1.29, 1.82) is 0 Å². The molecular formula is C20H35IN4OS. The molecule has 0 amide bonds. The summed E-state index contributed by atoms with van der Waals surface area (Å²) in [7, 11) is 3.62. The van der Waals surface area contributed by atoms with Gasteiger partial charge in [-0.1, -0.05) is 25.1 Å². The average molecular weight is 506 g/mol. The number of likely N-dealkylation sites (tertiary alicyclic amines) is 1. The second-order valence-corrected chi connectivity index (χ2v) is 8.37. The number of methoxy groups -OCH3 is 1. The number of nitrogens with zero attached hydrogens (tertiary/aromatic N) is 2. The predicted octanol–water partition coefficient (Wildman–Crippen LogP) is 3.31. The summed E-state index contributed by atoms with van der Waals surface area (Å²) < 4.78 is 5.17. The van der Waals surface area contributed by atoms with Crippen molar-refractivity contribution in [2.24, 2.45) is 10.9 Å². The Kier molecular flexibility index (Phi) is 13.2. The lowest BCUT2D eigenvalue weighted by Crippen LogP contribution is -2.44. The van der Waals surface area contributed by atoms with Crippen molar-refractivity contribution in [2.45, 2.75) is 29.9 Å². The molecular weight excluding hydrogens is 471 g/mol. The van der Waals surface area contributed by atoms with Crippen molar-refractivity contribution in [3.8, 4) is 0 Å². The zero-order valence-electron chi connectivity index (χ0n) is 16.8. The topological polar surface area (TPSA) is 48.9 Å². The van der Waals surface area contributed by atoms with E-state index < -0.39 is 0 Å². The van der Waals surface area contributed by atoms with Crippen LogP contribution in [-0.2, 0) is 4.74 Å². The van der Waals surface area contributed by atoms with Crippen LogP contribution in [0.2, 0.25) is 0 Å². The van der Waals surface area contributed by atoms with E-state index in [2.05, 4.69) is 57.8 Å². The van der Waals surface area contributed by atoms with E-state index in [4.69, 9.17) is 4.74 Å². The molecule has 1 unspecified atom stereocenters. The van der Waals surface area contributed by atoms with Crippen molar-refractivity contribution >= 4 is 41.7 Å². The molecule has 1 aliphatic rings. The number of rotatable bonds is 9. The maximum Gasteiger partial charge on any atom is 0.191 e. The van der Waals surface area contributed by atoms with Crippen LogP contribution in [0.3, 0.4) is 0 Å². The monoisotopic (exact) mass is 506 g/mol. The number of halogens is 1. The van der Waals surface area contributed by atoms with Gasteiger partial charge < -0.3 is 20.3 Å². The summed E-state index contributed by atoms with van der Waals surface area (Å²) in [5.74, 6) is 1.63. The second-order valence-electron chi connectivity index (χ2n) is 6.85. The quantitative estimate of drug-likeness (QED) is 0.233. The first-order valence-corrected chi connectivity index (χ1v) is 10.5. The fourth-order valence-electron chi connectivity index (χ4n) is 3.11. The SMILES string of the molecule is CN=C(NCC1CCN(CCOC)CC1)NCC(C)Sc1ccccc1.I. The molecule has 1 fully saturated rings. The van der Waals surface area contributed by atoms with Crippen LogP contribution in [0.15, 0.2) is 40.2 Å². The smallest absolute Gasteiger partial charge is 0.191 e. The number of hydrogen-bond acceptors (Lipinski definition) is 4. The van der Waals surface area contributed by atoms with Crippen LogP contribution < -0.4 is 10.6 Å². The van der Waals surface area contributed by atoms with E-state index in [-0.39, 0.29) is 24.0 Å². The summed E-state index contributed by atoms with van der Waals surface area (Å²) >= 11 is 1.89. The lowest BCUT2D eigenvalue weighted by atomic mass is 9.97. The standard InChI is InChI=1S/C20H34N4OS.HI/c1-17(26-19-7-5-4-6-8-19)15-22-20(21-2)23-16-18-9-11-24(12-10-18)13-14-25-3;/h4-8,17-18H,9-16H2,1-3H3,(H2,21,22,23);1H. The van der Waals surface area contributed by atoms with Crippen LogP contribution in [0.1, 0.15) is 19.8 Å². The number of thioether (sulfide) groups is 1. The first-order chi connectivity index (χ1) is 12.7. The molecule has 1 saturated heterocycles. The molecule has 27 heavy (non-hydrogen) atoms. The number of piperidine rings is 1. The number of hydrogen-bond donors (Lipinski definition) is 2. The van der Waals surface area contributed by atoms with E-state index in [9.17, 15) is 0 Å². The fourth-order valence-corrected chi connectivity index (χ4v) is 4.06. The number of aliphatic imine (C=N–C) groups is 1. The van der Waals surface area contributed by atoms with Gasteiger partial charge in [-0.05, 0) is 44.0 Å². The average Bonchev–Trinajstić information content (AvgIpc) is 2.68. The summed E-state index contributed by atoms with van der Waals surface area (Å²) in [6.07, 6.45) is 2.49. The Bertz CT molecular complexity index is 524. The summed E-state index contributed by atoms with van der Waals surface area (Å²) in [5, 5.41) is 7.45. The Morgan fingerprint density at radius 2 is 1.96 bits per heavy atom. The van der Waals surface area contributed by atoms with Crippen molar-refractivity contribution in [3.05, 3.63) is 30.3 Å². The maximum atomic E-state index is 5.17. The molecule has 5 nitrogen and oxygen atoms in total. The molecule has 0 spiro atoms. The van der Waals surface area contributed by atoms with Crippen molar-refractivity contribution in [3.63, 3.8) is 0 Å². The molecule has 0 bridgehead atoms. The molecule has 2 N–H and O–H groups in total. The molecule has 0 aromatic heterocycles. The molecule has 7 heteroatoms. The first kappa shape index (κ1) is 24.5. The molecule has 0 radical (unpaired) electrons. The van der Waals surface area contributed by atoms with Crippen molar-refractivity contribution < 1.29 is 4.74 Å². The van der Waals surface area contributed by atoms with E-state index in [1.54, 1.807) is 7.11 Å². The Labute approximate surface area is 186 Å². The largest absolute Gasteiger partial charge is 0.383 e. The highest BCUT2D eigenvalue weighted by molar-refractivity contribution is 14.0. The van der Waals surface area contributed by atoms with E-state index in [1.807, 2.05) is 18.8 Å². The van der Waals surface area contributed by atoms with E-state index in [1.165, 1.54) is 30.8 Å². The zero-order chi connectivity index (χ0) is 18.6. The Hall–Kier alpha value is -0.510. The number of ether oxygens (including phenoxy) is 1. The molecule has 154 valence electrons. The Morgan fingerprint density at radius 3 is 2.59 bits per heavy atom. The molecule has 0 saturated carbocycles. The lowest BCUT2D eigenvalue weighted by Gasteiger charge is -2.32. The molecule has 0 aliphatic carbocycles. The maximum absolute atomic E-state index is 5.17. The van der Waals surface area contributed by atoms with Crippen molar-refractivity contribution in [1.82, 2.24) is 15.5 Å². The Morgan fingerprint density at radius 1 is 1.26 bits per heavy atom. The van der Waals surface area contributed by atoms with Crippen LogP contribution >= 0.6 is 35.7 Å². The highest BCUT2D eigenvalue weighted by Gasteiger charge is 2.19. The van der Waals surface area contributed by atoms with Gasteiger partial charge >= 0.3 is 0 Å². The fraction of sp³-hybridized carbons (Fsp3) is 0.650. The highest BCUT2D eigenvalue weighted by Crippen LogP contribution is 2.22. The first-order valence-electron chi connectivity index (χ1n) is 9.58. The number of guanidine groups is 1. The highest BCUT2D eigenvalue weighted by atomic mass is 127. The Balaban J connectivity index is 0.00000364. The summed E-state index contributed by atoms with van der Waals surface area (Å²) in [6.45, 7) is 8.37. The zero-order valence-corrected chi connectivity index (χ0v) is 20.0. The second kappa shape index (κ2) is 14.5. The molecule has 1 heterocycles. The minimum atomic E-state index is 0. The third-order valence-electron chi connectivity index (χ3n) is 4.74. The van der Waals surface area contributed by atoms with Crippen LogP contribution in [0, 0.1) is 5.92 Å². The molecule has 1 aliphatic heterocycles. The summed E-state index contributed by atoms with van der Waals surface area (Å²) in [5.41, 5.74) is 0. The van der Waals surface area contributed by atoms with Crippen LogP contribution in [0.4, 0.5) is 0 Å². The lowest BCUT2D eigenvalue weighted by molar-refractivity contribution is 0.121. The normalized spacial score (nSPS) is 17.2. The van der Waals surface area contributed by atoms with Gasteiger partial charge in [0.1, 0.15) is 0 Å². The van der Waals surface area contributed by atoms with E-state index >= 15 is 0 Å². The van der Waals surface area contributed by atoms with Crippen LogP contribution in [0.25, 0.3) is 0 Å². The van der Waals surface area contributed by atoms with Crippen LogP contribution in [-0.4, -0.2) is 69.6 Å². The van der Waals surface area contributed by atoms with Gasteiger partial charge in [-0.15, -0.1) is 35.7 Å². The molecule has 1 aromatic rings. The third-order valence-corrected chi connectivity index (χ3v) is 5.85. The van der Waals surface area contributed by atoms with Gasteiger partial charge in [-0.3, -0.25) is 4.99 Å². The molecule has 1 aromatic carbocycles. The molecule has 2 rings (SSSR count).